The lowest BCUT2D eigenvalue weighted by Gasteiger charge is -2.21. The molecule has 2 heterocycles. The second kappa shape index (κ2) is 12.2. The van der Waals surface area contributed by atoms with E-state index in [-0.39, 0.29) is 17.6 Å². The van der Waals surface area contributed by atoms with E-state index in [9.17, 15) is 9.59 Å². The summed E-state index contributed by atoms with van der Waals surface area (Å²) in [7, 11) is 0. The van der Waals surface area contributed by atoms with Crippen molar-refractivity contribution in [3.05, 3.63) is 112 Å². The van der Waals surface area contributed by atoms with Crippen LogP contribution < -0.4 is 4.74 Å². The Labute approximate surface area is 266 Å². The van der Waals surface area contributed by atoms with Crippen LogP contribution in [0.3, 0.4) is 0 Å². The summed E-state index contributed by atoms with van der Waals surface area (Å²) in [6.07, 6.45) is -0.211. The largest absolute Gasteiger partial charge is 0.450 e. The van der Waals surface area contributed by atoms with Crippen LogP contribution in [0.15, 0.2) is 111 Å². The van der Waals surface area contributed by atoms with Gasteiger partial charge in [0.15, 0.2) is 12.0 Å². The van der Waals surface area contributed by atoms with Gasteiger partial charge in [-0.05, 0) is 45.3 Å². The van der Waals surface area contributed by atoms with Gasteiger partial charge < -0.3 is 14.0 Å². The predicted molar refractivity (Wildman–Crippen MR) is 175 cm³/mol. The first kappa shape index (κ1) is 28.9. The first-order chi connectivity index (χ1) is 20.8. The van der Waals surface area contributed by atoms with Crippen LogP contribution in [0, 0.1) is 0 Å². The minimum Gasteiger partial charge on any atom is -0.450 e. The predicted octanol–water partition coefficient (Wildman–Crippen LogP) is 8.38. The summed E-state index contributed by atoms with van der Waals surface area (Å²) in [5, 5.41) is 7.03. The van der Waals surface area contributed by atoms with Gasteiger partial charge in [0.05, 0.1) is 15.7 Å². The third-order valence-electron chi connectivity index (χ3n) is 7.21. The van der Waals surface area contributed by atoms with Gasteiger partial charge in [0.1, 0.15) is 0 Å². The van der Waals surface area contributed by atoms with E-state index in [1.807, 2.05) is 30.3 Å². The lowest BCUT2D eigenvalue weighted by Crippen LogP contribution is -2.33. The molecule has 0 spiro atoms. The van der Waals surface area contributed by atoms with Crippen LogP contribution in [0.5, 0.6) is 5.75 Å². The van der Waals surface area contributed by atoms with E-state index in [2.05, 4.69) is 96.1 Å². The Morgan fingerprint density at radius 2 is 1.53 bits per heavy atom. The highest BCUT2D eigenvalue weighted by atomic mass is 79.9. The number of para-hydroxylation sites is 1. The Morgan fingerprint density at radius 3 is 2.21 bits per heavy atom. The lowest BCUT2D eigenvalue weighted by molar-refractivity contribution is -0.135. The van der Waals surface area contributed by atoms with Crippen molar-refractivity contribution in [2.45, 2.75) is 33.0 Å². The Morgan fingerprint density at radius 1 is 0.884 bits per heavy atom. The van der Waals surface area contributed by atoms with Crippen LogP contribution in [0.4, 0.5) is 0 Å². The number of hydrogen-bond donors (Lipinski definition) is 0. The number of benzene rings is 4. The van der Waals surface area contributed by atoms with E-state index in [0.717, 1.165) is 37.8 Å². The van der Waals surface area contributed by atoms with Crippen molar-refractivity contribution in [1.29, 1.82) is 0 Å². The van der Waals surface area contributed by atoms with Gasteiger partial charge in [-0.25, -0.2) is 0 Å². The second-order valence-corrected chi connectivity index (χ2v) is 11.9. The summed E-state index contributed by atoms with van der Waals surface area (Å²) < 4.78 is 15.4. The number of carbonyl (C=O) groups is 2. The van der Waals surface area contributed by atoms with Crippen LogP contribution in [0.1, 0.15) is 25.8 Å². The third kappa shape index (κ3) is 5.75. The van der Waals surface area contributed by atoms with E-state index in [4.69, 9.17) is 9.47 Å². The smallest absolute Gasteiger partial charge is 0.308 e. The summed E-state index contributed by atoms with van der Waals surface area (Å²) in [5.41, 5.74) is 6.00. The maximum Gasteiger partial charge on any atom is 0.308 e. The molecule has 1 atom stereocenters. The van der Waals surface area contributed by atoms with E-state index in [1.165, 1.54) is 18.9 Å². The number of nitrogens with zero attached hydrogens (tertiary/aromatic N) is 3. The summed E-state index contributed by atoms with van der Waals surface area (Å²) in [5.74, 6) is -0.267. The van der Waals surface area contributed by atoms with E-state index < -0.39 is 12.2 Å². The summed E-state index contributed by atoms with van der Waals surface area (Å²) in [6, 6.07) is 32.6. The van der Waals surface area contributed by atoms with Crippen molar-refractivity contribution >= 4 is 60.5 Å². The molecule has 4 aromatic carbocycles. The normalized spacial score (nSPS) is 14.5. The molecular formula is C34H27Br2N3O4. The molecule has 0 radical (unpaired) electrons. The Bertz CT molecular complexity index is 1870. The number of aryl methyl sites for hydroxylation is 1. The molecule has 5 aromatic rings. The van der Waals surface area contributed by atoms with E-state index in [1.54, 1.807) is 12.1 Å². The van der Waals surface area contributed by atoms with Crippen molar-refractivity contribution in [2.24, 2.45) is 5.10 Å². The number of carbonyl (C=O) groups excluding carboxylic acids is 2. The molecule has 0 saturated heterocycles. The Hall–Kier alpha value is -4.21. The first-order valence-electron chi connectivity index (χ1n) is 13.8. The highest BCUT2D eigenvalue weighted by molar-refractivity contribution is 9.11. The summed E-state index contributed by atoms with van der Waals surface area (Å²) in [6.45, 7) is 3.34. The molecule has 0 aliphatic carbocycles. The number of esters is 1. The molecule has 1 aliphatic heterocycles. The maximum atomic E-state index is 12.8. The average Bonchev–Trinajstić information content (AvgIpc) is 3.58. The fourth-order valence-corrected chi connectivity index (χ4v) is 6.78. The molecule has 1 amide bonds. The van der Waals surface area contributed by atoms with Crippen molar-refractivity contribution in [2.75, 3.05) is 0 Å². The van der Waals surface area contributed by atoms with Crippen LogP contribution in [0.2, 0.25) is 0 Å². The standard InChI is InChI=1S/C34H27Br2N3O4/c1-21(40)39-30(43-34(37-39)27-19-25(35)20-28(36)33(27)42-22(2)41)17-18-38-29-16-10-9-15-26(29)31(23-11-5-3-6-12-23)32(38)24-13-7-4-8-14-24/h3-16,19-20,30H,17-18H2,1-2H3/t30-/m1/s1. The number of aromatic nitrogens is 1. The van der Waals surface area contributed by atoms with Crippen LogP contribution in [-0.4, -0.2) is 33.6 Å². The number of amides is 1. The fraction of sp³-hybridized carbons (Fsp3) is 0.147. The number of halogens is 2. The monoisotopic (exact) mass is 699 g/mol. The number of hydrogen-bond acceptors (Lipinski definition) is 5. The molecule has 0 unspecified atom stereocenters. The molecule has 216 valence electrons. The first-order valence-corrected chi connectivity index (χ1v) is 15.4. The van der Waals surface area contributed by atoms with Crippen molar-refractivity contribution in [3.8, 4) is 28.1 Å². The minimum atomic E-state index is -0.666. The molecule has 1 aromatic heterocycles. The van der Waals surface area contributed by atoms with Crippen molar-refractivity contribution in [3.63, 3.8) is 0 Å². The molecule has 0 N–H and O–H groups in total. The number of rotatable bonds is 7. The third-order valence-corrected chi connectivity index (χ3v) is 8.25. The molecular weight excluding hydrogens is 674 g/mol. The van der Waals surface area contributed by atoms with Gasteiger partial charge in [-0.2, -0.15) is 5.01 Å². The fourth-order valence-electron chi connectivity index (χ4n) is 5.47. The topological polar surface area (TPSA) is 73.1 Å². The Kier molecular flexibility index (Phi) is 8.19. The zero-order chi connectivity index (χ0) is 30.1. The van der Waals surface area contributed by atoms with Crippen LogP contribution in [0.25, 0.3) is 33.3 Å². The van der Waals surface area contributed by atoms with Crippen LogP contribution >= 0.6 is 31.9 Å². The molecule has 0 bridgehead atoms. The second-order valence-electron chi connectivity index (χ2n) is 10.1. The van der Waals surface area contributed by atoms with E-state index >= 15 is 0 Å². The zero-order valence-corrected chi connectivity index (χ0v) is 26.6. The highest BCUT2D eigenvalue weighted by Crippen LogP contribution is 2.41. The van der Waals surface area contributed by atoms with E-state index in [0.29, 0.717) is 23.0 Å². The van der Waals surface area contributed by atoms with Gasteiger partial charge >= 0.3 is 5.97 Å². The van der Waals surface area contributed by atoms with Gasteiger partial charge in [0.2, 0.25) is 11.8 Å². The number of ether oxygens (including phenoxy) is 2. The van der Waals surface area contributed by atoms with Crippen LogP contribution in [-0.2, 0) is 20.9 Å². The molecule has 7 nitrogen and oxygen atoms in total. The van der Waals surface area contributed by atoms with Gasteiger partial charge in [0.25, 0.3) is 0 Å². The number of fused-ring (bicyclic) bond motifs is 1. The molecule has 9 heteroatoms. The SMILES string of the molecule is CC(=O)Oc1c(Br)cc(Br)cc1C1=NN(C(C)=O)[C@@H](CCn2c(-c3ccccc3)c(-c3ccccc3)c3ccccc32)O1. The maximum absolute atomic E-state index is 12.8. The van der Waals surface area contributed by atoms with Gasteiger partial charge in [-0.15, -0.1) is 5.10 Å². The van der Waals surface area contributed by atoms with Gasteiger partial charge in [-0.3, -0.25) is 9.59 Å². The Balaban J connectivity index is 1.40. The van der Waals surface area contributed by atoms with Gasteiger partial charge in [0, 0.05) is 47.8 Å². The van der Waals surface area contributed by atoms with Gasteiger partial charge in [-0.1, -0.05) is 94.8 Å². The summed E-state index contributed by atoms with van der Waals surface area (Å²) >= 11 is 6.96. The highest BCUT2D eigenvalue weighted by Gasteiger charge is 2.34. The van der Waals surface area contributed by atoms with Crippen molar-refractivity contribution < 1.29 is 19.1 Å². The summed E-state index contributed by atoms with van der Waals surface area (Å²) in [4.78, 5) is 24.6. The average molecular weight is 701 g/mol. The molecule has 6 rings (SSSR count). The molecule has 1 aliphatic rings. The van der Waals surface area contributed by atoms with Crippen molar-refractivity contribution in [1.82, 2.24) is 9.58 Å². The minimum absolute atomic E-state index is 0.198. The molecule has 0 fully saturated rings. The molecule has 43 heavy (non-hydrogen) atoms. The zero-order valence-electron chi connectivity index (χ0n) is 23.5. The number of hydrazone groups is 1. The quantitative estimate of drug-likeness (QED) is 0.126. The molecule has 0 saturated carbocycles. The lowest BCUT2D eigenvalue weighted by atomic mass is 9.98.